The summed E-state index contributed by atoms with van der Waals surface area (Å²) >= 11 is 0. The predicted octanol–water partition coefficient (Wildman–Crippen LogP) is 5.01. The van der Waals surface area contributed by atoms with Crippen LogP contribution in [0.3, 0.4) is 0 Å². The molecule has 3 aromatic carbocycles. The van der Waals surface area contributed by atoms with Crippen LogP contribution in [-0.4, -0.2) is 31.8 Å². The first kappa shape index (κ1) is 21.6. The molecule has 1 saturated heterocycles. The molecule has 1 amide bonds. The smallest absolute Gasteiger partial charge is 0.271 e. The second-order valence-corrected chi connectivity index (χ2v) is 7.73. The molecule has 1 aliphatic rings. The summed E-state index contributed by atoms with van der Waals surface area (Å²) in [5, 5.41) is 4.40. The Morgan fingerprint density at radius 2 is 1.41 bits per heavy atom. The van der Waals surface area contributed by atoms with Crippen molar-refractivity contribution in [3.63, 3.8) is 0 Å². The Kier molecular flexibility index (Phi) is 6.80. The van der Waals surface area contributed by atoms with Crippen molar-refractivity contribution in [3.05, 3.63) is 95.3 Å². The van der Waals surface area contributed by atoms with Crippen molar-refractivity contribution in [2.75, 3.05) is 25.1 Å². The average Bonchev–Trinajstić information content (AvgIpc) is 2.86. The molecule has 5 nitrogen and oxygen atoms in total. The molecule has 0 spiro atoms. The number of carbonyl (C=O) groups excluding carboxylic acids is 1. The minimum absolute atomic E-state index is 0.323. The molecule has 0 aromatic heterocycles. The van der Waals surface area contributed by atoms with E-state index in [0.717, 1.165) is 18.7 Å². The van der Waals surface area contributed by atoms with E-state index in [1.807, 2.05) is 12.1 Å². The molecule has 0 unspecified atom stereocenters. The zero-order valence-electron chi connectivity index (χ0n) is 18.1. The number of anilines is 1. The topological polar surface area (TPSA) is 53.9 Å². The van der Waals surface area contributed by atoms with E-state index >= 15 is 0 Å². The van der Waals surface area contributed by atoms with Gasteiger partial charge in [-0.1, -0.05) is 12.1 Å². The van der Waals surface area contributed by atoms with Gasteiger partial charge in [0.2, 0.25) is 0 Å². The third kappa shape index (κ3) is 5.14. The summed E-state index contributed by atoms with van der Waals surface area (Å²) in [6, 6.07) is 21.0. The Hall–Kier alpha value is -3.67. The number of nitrogens with one attached hydrogen (secondary N) is 1. The molecule has 1 aliphatic heterocycles. The molecule has 3 aromatic rings. The minimum Gasteiger partial charge on any atom is -0.497 e. The Morgan fingerprint density at radius 3 is 2.00 bits per heavy atom. The van der Waals surface area contributed by atoms with E-state index in [2.05, 4.69) is 27.6 Å². The number of halogens is 1. The zero-order valence-corrected chi connectivity index (χ0v) is 18.1. The Labute approximate surface area is 187 Å². The lowest BCUT2D eigenvalue weighted by Crippen LogP contribution is -2.29. The van der Waals surface area contributed by atoms with Gasteiger partial charge in [0.05, 0.1) is 12.8 Å². The summed E-state index contributed by atoms with van der Waals surface area (Å²) < 4.78 is 18.6. The summed E-state index contributed by atoms with van der Waals surface area (Å²) in [5.41, 5.74) is 6.39. The highest BCUT2D eigenvalue weighted by atomic mass is 19.1. The molecule has 0 aliphatic carbocycles. The van der Waals surface area contributed by atoms with Crippen LogP contribution in [0.1, 0.15) is 40.7 Å². The number of hydrogen-bond acceptors (Lipinski definition) is 4. The highest BCUT2D eigenvalue weighted by Gasteiger charge is 2.13. The minimum atomic E-state index is -0.336. The fourth-order valence-corrected chi connectivity index (χ4v) is 3.80. The summed E-state index contributed by atoms with van der Waals surface area (Å²) in [5.74, 6) is 0.0128. The van der Waals surface area contributed by atoms with Gasteiger partial charge in [0, 0.05) is 35.5 Å². The first-order valence-corrected chi connectivity index (χ1v) is 10.8. The number of ether oxygens (including phenoxy) is 1. The van der Waals surface area contributed by atoms with Crippen LogP contribution in [0.5, 0.6) is 5.75 Å². The third-order valence-corrected chi connectivity index (χ3v) is 5.60. The maximum atomic E-state index is 13.5. The van der Waals surface area contributed by atoms with Gasteiger partial charge in [-0.25, -0.2) is 9.82 Å². The van der Waals surface area contributed by atoms with Crippen LogP contribution >= 0.6 is 0 Å². The van der Waals surface area contributed by atoms with Gasteiger partial charge in [0.25, 0.3) is 5.91 Å². The van der Waals surface area contributed by atoms with Gasteiger partial charge < -0.3 is 9.64 Å². The van der Waals surface area contributed by atoms with E-state index in [-0.39, 0.29) is 11.7 Å². The Bertz CT molecular complexity index is 1070. The van der Waals surface area contributed by atoms with E-state index < -0.39 is 0 Å². The number of hydrazone groups is 1. The Morgan fingerprint density at radius 1 is 0.844 bits per heavy atom. The van der Waals surface area contributed by atoms with Crippen LogP contribution in [0.2, 0.25) is 0 Å². The normalized spacial score (nSPS) is 14.2. The molecule has 1 N–H and O–H groups in total. The molecule has 1 fully saturated rings. The van der Waals surface area contributed by atoms with Crippen molar-refractivity contribution < 1.29 is 13.9 Å². The number of methoxy groups -OCH3 is 1. The highest BCUT2D eigenvalue weighted by molar-refractivity contribution is 6.13. The van der Waals surface area contributed by atoms with Crippen LogP contribution in [0.4, 0.5) is 10.1 Å². The van der Waals surface area contributed by atoms with Crippen molar-refractivity contribution in [2.24, 2.45) is 5.10 Å². The number of hydrogen-bond donors (Lipinski definition) is 1. The van der Waals surface area contributed by atoms with Gasteiger partial charge in [-0.3, -0.25) is 4.79 Å². The molecule has 0 saturated carbocycles. The maximum Gasteiger partial charge on any atom is 0.271 e. The molecule has 0 radical (unpaired) electrons. The summed E-state index contributed by atoms with van der Waals surface area (Å²) in [6.07, 6.45) is 3.70. The first-order valence-electron chi connectivity index (χ1n) is 10.8. The van der Waals surface area contributed by atoms with E-state index in [1.54, 1.807) is 43.5 Å². The molecular weight excluding hydrogens is 405 g/mol. The second kappa shape index (κ2) is 10.1. The van der Waals surface area contributed by atoms with Gasteiger partial charge in [0.15, 0.2) is 0 Å². The maximum absolute atomic E-state index is 13.5. The van der Waals surface area contributed by atoms with Gasteiger partial charge in [-0.05, 0) is 79.9 Å². The molecule has 4 rings (SSSR count). The van der Waals surface area contributed by atoms with E-state index in [4.69, 9.17) is 4.74 Å². The second-order valence-electron chi connectivity index (χ2n) is 7.73. The molecule has 0 bridgehead atoms. The van der Waals surface area contributed by atoms with Crippen molar-refractivity contribution in [3.8, 4) is 5.75 Å². The SMILES string of the molecule is COc1ccc(C(=O)N/N=C(\c2ccc(F)cc2)c2ccc(N3CCCCC3)cc2)cc1. The first-order chi connectivity index (χ1) is 15.6. The number of carbonyl (C=O) groups is 1. The lowest BCUT2D eigenvalue weighted by Gasteiger charge is -2.28. The van der Waals surface area contributed by atoms with Crippen LogP contribution in [0, 0.1) is 5.82 Å². The van der Waals surface area contributed by atoms with Crippen molar-refractivity contribution >= 4 is 17.3 Å². The zero-order chi connectivity index (χ0) is 22.3. The van der Waals surface area contributed by atoms with Crippen LogP contribution in [-0.2, 0) is 0 Å². The largest absolute Gasteiger partial charge is 0.497 e. The lowest BCUT2D eigenvalue weighted by molar-refractivity contribution is 0.0955. The monoisotopic (exact) mass is 431 g/mol. The van der Waals surface area contributed by atoms with Crippen molar-refractivity contribution in [1.82, 2.24) is 5.43 Å². The van der Waals surface area contributed by atoms with Crippen molar-refractivity contribution in [2.45, 2.75) is 19.3 Å². The summed E-state index contributed by atoms with van der Waals surface area (Å²) in [7, 11) is 1.57. The highest BCUT2D eigenvalue weighted by Crippen LogP contribution is 2.22. The molecule has 0 atom stereocenters. The number of benzene rings is 3. The van der Waals surface area contributed by atoms with Gasteiger partial charge in [0.1, 0.15) is 11.6 Å². The molecule has 164 valence electrons. The summed E-state index contributed by atoms with van der Waals surface area (Å²) in [4.78, 5) is 15.0. The third-order valence-electron chi connectivity index (χ3n) is 5.60. The van der Waals surface area contributed by atoms with E-state index in [9.17, 15) is 9.18 Å². The van der Waals surface area contributed by atoms with E-state index in [0.29, 0.717) is 22.6 Å². The summed E-state index contributed by atoms with van der Waals surface area (Å²) in [6.45, 7) is 2.13. The number of rotatable bonds is 6. The fraction of sp³-hybridized carbons (Fsp3) is 0.231. The number of amides is 1. The van der Waals surface area contributed by atoms with Crippen LogP contribution < -0.4 is 15.1 Å². The molecule has 1 heterocycles. The quantitative estimate of drug-likeness (QED) is 0.441. The van der Waals surface area contributed by atoms with Gasteiger partial charge in [-0.15, -0.1) is 0 Å². The Balaban J connectivity index is 1.59. The van der Waals surface area contributed by atoms with Crippen LogP contribution in [0.25, 0.3) is 0 Å². The number of nitrogens with zero attached hydrogens (tertiary/aromatic N) is 2. The van der Waals surface area contributed by atoms with E-state index in [1.165, 1.54) is 37.1 Å². The van der Waals surface area contributed by atoms with Gasteiger partial charge >= 0.3 is 0 Å². The molecule has 6 heteroatoms. The predicted molar refractivity (Wildman–Crippen MR) is 125 cm³/mol. The van der Waals surface area contributed by atoms with Gasteiger partial charge in [-0.2, -0.15) is 5.10 Å². The molecule has 32 heavy (non-hydrogen) atoms. The average molecular weight is 432 g/mol. The molecular formula is C26H26FN3O2. The fourth-order valence-electron chi connectivity index (χ4n) is 3.80. The lowest BCUT2D eigenvalue weighted by atomic mass is 10.0. The van der Waals surface area contributed by atoms with Crippen LogP contribution in [0.15, 0.2) is 77.9 Å². The van der Waals surface area contributed by atoms with Crippen molar-refractivity contribution in [1.29, 1.82) is 0 Å². The number of piperidine rings is 1. The standard InChI is InChI=1S/C26H26FN3O2/c1-32-24-15-9-21(10-16-24)26(31)29-28-25(19-5-11-22(27)12-6-19)20-7-13-23(14-8-20)30-17-3-2-4-18-30/h5-16H,2-4,17-18H2,1H3,(H,29,31)/b28-25+.